The van der Waals surface area contributed by atoms with Crippen LogP contribution in [0.1, 0.15) is 43.4 Å². The molecule has 2 rings (SSSR count). The first-order chi connectivity index (χ1) is 8.59. The lowest BCUT2D eigenvalue weighted by molar-refractivity contribution is 0.556. The third-order valence-electron chi connectivity index (χ3n) is 3.92. The molecular weight excluding hydrogens is 216 g/mol. The van der Waals surface area contributed by atoms with Crippen molar-refractivity contribution in [2.24, 2.45) is 5.92 Å². The van der Waals surface area contributed by atoms with Crippen LogP contribution in [-0.2, 0) is 6.42 Å². The molecule has 0 N–H and O–H groups in total. The molecule has 0 aliphatic rings. The van der Waals surface area contributed by atoms with Crippen LogP contribution in [0, 0.1) is 19.8 Å². The van der Waals surface area contributed by atoms with E-state index in [2.05, 4.69) is 58.0 Å². The molecule has 0 saturated heterocycles. The summed E-state index contributed by atoms with van der Waals surface area (Å²) in [5.41, 5.74) is 4.33. The van der Waals surface area contributed by atoms with Crippen LogP contribution < -0.4 is 0 Å². The molecule has 0 spiro atoms. The summed E-state index contributed by atoms with van der Waals surface area (Å²) in [5.74, 6) is 0.809. The molecule has 2 aromatic carbocycles. The lowest BCUT2D eigenvalue weighted by Gasteiger charge is -2.11. The Hall–Kier alpha value is -1.30. The Morgan fingerprint density at radius 3 is 2.44 bits per heavy atom. The normalized spacial score (nSPS) is 11.4. The molecule has 0 aliphatic carbocycles. The van der Waals surface area contributed by atoms with Crippen molar-refractivity contribution in [2.75, 3.05) is 0 Å². The second kappa shape index (κ2) is 5.56. The Bertz CT molecular complexity index is 535. The Morgan fingerprint density at radius 2 is 1.72 bits per heavy atom. The number of rotatable bonds is 4. The van der Waals surface area contributed by atoms with Crippen LogP contribution in [0.4, 0.5) is 0 Å². The highest BCUT2D eigenvalue weighted by Gasteiger charge is 2.05. The van der Waals surface area contributed by atoms with Crippen LogP contribution in [0.5, 0.6) is 0 Å². The molecule has 18 heavy (non-hydrogen) atoms. The zero-order valence-electron chi connectivity index (χ0n) is 12.1. The van der Waals surface area contributed by atoms with Gasteiger partial charge in [-0.15, -0.1) is 0 Å². The molecule has 0 aromatic heterocycles. The predicted octanol–water partition coefficient (Wildman–Crippen LogP) is 5.44. The van der Waals surface area contributed by atoms with Crippen molar-refractivity contribution in [1.29, 1.82) is 0 Å². The van der Waals surface area contributed by atoms with E-state index in [-0.39, 0.29) is 0 Å². The second-order valence-corrected chi connectivity index (χ2v) is 5.81. The maximum absolute atomic E-state index is 2.30. The van der Waals surface area contributed by atoms with Gasteiger partial charge in [-0.25, -0.2) is 0 Å². The van der Waals surface area contributed by atoms with Crippen molar-refractivity contribution in [3.8, 4) is 0 Å². The van der Waals surface area contributed by atoms with Gasteiger partial charge in [-0.2, -0.15) is 0 Å². The Kier molecular flexibility index (Phi) is 4.06. The van der Waals surface area contributed by atoms with Gasteiger partial charge >= 0.3 is 0 Å². The summed E-state index contributed by atoms with van der Waals surface area (Å²) in [5, 5.41) is 2.88. The van der Waals surface area contributed by atoms with E-state index in [1.165, 1.54) is 46.7 Å². The first-order valence-electron chi connectivity index (χ1n) is 7.07. The van der Waals surface area contributed by atoms with E-state index in [1.807, 2.05) is 0 Å². The molecule has 0 radical (unpaired) electrons. The summed E-state index contributed by atoms with van der Waals surface area (Å²) in [4.78, 5) is 0. The molecule has 0 saturated carbocycles. The average molecular weight is 240 g/mol. The van der Waals surface area contributed by atoms with Gasteiger partial charge in [0.05, 0.1) is 0 Å². The van der Waals surface area contributed by atoms with Crippen molar-refractivity contribution in [1.82, 2.24) is 0 Å². The third-order valence-corrected chi connectivity index (χ3v) is 3.92. The zero-order valence-corrected chi connectivity index (χ0v) is 12.1. The minimum Gasteiger partial charge on any atom is -0.0628 e. The van der Waals surface area contributed by atoms with Gasteiger partial charge in [0, 0.05) is 0 Å². The van der Waals surface area contributed by atoms with Crippen LogP contribution >= 0.6 is 0 Å². The molecule has 0 nitrogen and oxygen atoms in total. The molecule has 0 unspecified atom stereocenters. The van der Waals surface area contributed by atoms with Crippen LogP contribution in [0.25, 0.3) is 10.8 Å². The standard InChI is InChI=1S/C18H24/c1-13(2)7-5-8-16-9-6-10-17-15(4)14(3)11-12-18(16)17/h6,9-13H,5,7-8H2,1-4H3. The van der Waals surface area contributed by atoms with E-state index < -0.39 is 0 Å². The first kappa shape index (κ1) is 13.1. The number of hydrogen-bond donors (Lipinski definition) is 0. The molecule has 0 heterocycles. The van der Waals surface area contributed by atoms with Crippen molar-refractivity contribution >= 4 is 10.8 Å². The number of hydrogen-bond acceptors (Lipinski definition) is 0. The van der Waals surface area contributed by atoms with Crippen LogP contribution in [0.3, 0.4) is 0 Å². The van der Waals surface area contributed by atoms with Gasteiger partial charge in [0.15, 0.2) is 0 Å². The molecule has 0 atom stereocenters. The van der Waals surface area contributed by atoms with E-state index in [0.29, 0.717) is 0 Å². The number of aryl methyl sites for hydroxylation is 3. The van der Waals surface area contributed by atoms with Gasteiger partial charge in [0.2, 0.25) is 0 Å². The molecule has 0 fully saturated rings. The van der Waals surface area contributed by atoms with Crippen molar-refractivity contribution in [3.05, 3.63) is 47.0 Å². The molecule has 0 heteroatoms. The molecule has 0 amide bonds. The first-order valence-corrected chi connectivity index (χ1v) is 7.07. The van der Waals surface area contributed by atoms with Crippen molar-refractivity contribution < 1.29 is 0 Å². The van der Waals surface area contributed by atoms with Crippen LogP contribution in [0.15, 0.2) is 30.3 Å². The minimum absolute atomic E-state index is 0.809. The quantitative estimate of drug-likeness (QED) is 0.668. The minimum atomic E-state index is 0.809. The van der Waals surface area contributed by atoms with Crippen molar-refractivity contribution in [3.63, 3.8) is 0 Å². The van der Waals surface area contributed by atoms with Gasteiger partial charge in [0.1, 0.15) is 0 Å². The monoisotopic (exact) mass is 240 g/mol. The summed E-state index contributed by atoms with van der Waals surface area (Å²) >= 11 is 0. The highest BCUT2D eigenvalue weighted by molar-refractivity contribution is 5.89. The van der Waals surface area contributed by atoms with Crippen LogP contribution in [0.2, 0.25) is 0 Å². The van der Waals surface area contributed by atoms with E-state index in [0.717, 1.165) is 5.92 Å². The van der Waals surface area contributed by atoms with Gasteiger partial charge in [-0.05, 0) is 60.1 Å². The predicted molar refractivity (Wildman–Crippen MR) is 81.2 cm³/mol. The van der Waals surface area contributed by atoms with E-state index >= 15 is 0 Å². The number of fused-ring (bicyclic) bond motifs is 1. The van der Waals surface area contributed by atoms with Gasteiger partial charge in [0.25, 0.3) is 0 Å². The van der Waals surface area contributed by atoms with Gasteiger partial charge in [-0.1, -0.05) is 50.6 Å². The van der Waals surface area contributed by atoms with Gasteiger partial charge in [-0.3, -0.25) is 0 Å². The molecule has 0 bridgehead atoms. The maximum Gasteiger partial charge on any atom is -0.0149 e. The molecule has 96 valence electrons. The van der Waals surface area contributed by atoms with E-state index in [9.17, 15) is 0 Å². The smallest absolute Gasteiger partial charge is 0.0149 e. The lowest BCUT2D eigenvalue weighted by atomic mass is 9.94. The lowest BCUT2D eigenvalue weighted by Crippen LogP contribution is -1.93. The summed E-state index contributed by atoms with van der Waals surface area (Å²) in [6.45, 7) is 9.03. The Morgan fingerprint density at radius 1 is 0.944 bits per heavy atom. The second-order valence-electron chi connectivity index (χ2n) is 5.81. The highest BCUT2D eigenvalue weighted by Crippen LogP contribution is 2.25. The topological polar surface area (TPSA) is 0 Å². The average Bonchev–Trinajstić information content (AvgIpc) is 2.34. The Labute approximate surface area is 111 Å². The Balaban J connectivity index is 2.31. The highest BCUT2D eigenvalue weighted by atomic mass is 14.1. The van der Waals surface area contributed by atoms with Crippen molar-refractivity contribution in [2.45, 2.75) is 47.0 Å². The summed E-state index contributed by atoms with van der Waals surface area (Å²) in [7, 11) is 0. The zero-order chi connectivity index (χ0) is 13.1. The van der Waals surface area contributed by atoms with Crippen LogP contribution in [-0.4, -0.2) is 0 Å². The largest absolute Gasteiger partial charge is 0.0628 e. The summed E-state index contributed by atoms with van der Waals surface area (Å²) in [6, 6.07) is 11.3. The SMILES string of the molecule is Cc1ccc2c(CCCC(C)C)cccc2c1C. The molecule has 2 aromatic rings. The van der Waals surface area contributed by atoms with E-state index in [1.54, 1.807) is 0 Å². The fraction of sp³-hybridized carbons (Fsp3) is 0.444. The van der Waals surface area contributed by atoms with Gasteiger partial charge < -0.3 is 0 Å². The fourth-order valence-corrected chi connectivity index (χ4v) is 2.60. The summed E-state index contributed by atoms with van der Waals surface area (Å²) < 4.78 is 0. The maximum atomic E-state index is 2.30. The molecule has 0 aliphatic heterocycles. The molecular formula is C18H24. The number of benzene rings is 2. The summed E-state index contributed by atoms with van der Waals surface area (Å²) in [6.07, 6.45) is 3.82. The fourth-order valence-electron chi connectivity index (χ4n) is 2.60. The third kappa shape index (κ3) is 2.75. The van der Waals surface area contributed by atoms with E-state index in [4.69, 9.17) is 0 Å².